The van der Waals surface area contributed by atoms with Crippen molar-refractivity contribution in [2.45, 2.75) is 6.42 Å². The van der Waals surface area contributed by atoms with Crippen LogP contribution in [0.25, 0.3) is 0 Å². The van der Waals surface area contributed by atoms with Gasteiger partial charge in [-0.25, -0.2) is 4.79 Å². The number of benzene rings is 1. The Kier molecular flexibility index (Phi) is 6.70. The number of carbonyl (C=O) groups is 1. The molecular weight excluding hydrogens is 248 g/mol. The van der Waals surface area contributed by atoms with Crippen molar-refractivity contribution in [2.75, 3.05) is 44.5 Å². The van der Waals surface area contributed by atoms with Crippen molar-refractivity contribution in [3.63, 3.8) is 0 Å². The minimum absolute atomic E-state index is 0.186. The zero-order valence-corrected chi connectivity index (χ0v) is 11.0. The Morgan fingerprint density at radius 3 is 2.79 bits per heavy atom. The third kappa shape index (κ3) is 5.58. The van der Waals surface area contributed by atoms with Gasteiger partial charge in [0.05, 0.1) is 30.2 Å². The number of nitrogen functional groups attached to an aromatic ring is 1. The van der Waals surface area contributed by atoms with E-state index in [2.05, 4.69) is 5.32 Å². The molecule has 0 radical (unpaired) electrons. The van der Waals surface area contributed by atoms with E-state index in [1.54, 1.807) is 13.2 Å². The highest BCUT2D eigenvalue weighted by atomic mass is 16.5. The topological polar surface area (TPSA) is 93.8 Å². The van der Waals surface area contributed by atoms with Gasteiger partial charge in [0.2, 0.25) is 0 Å². The van der Waals surface area contributed by atoms with Crippen LogP contribution >= 0.6 is 0 Å². The molecule has 0 heterocycles. The summed E-state index contributed by atoms with van der Waals surface area (Å²) in [5.74, 6) is -0.982. The zero-order valence-electron chi connectivity index (χ0n) is 11.0. The molecule has 106 valence electrons. The lowest BCUT2D eigenvalue weighted by molar-refractivity contribution is 0.0697. The lowest BCUT2D eigenvalue weighted by Gasteiger charge is -2.10. The molecule has 19 heavy (non-hydrogen) atoms. The Bertz CT molecular complexity index is 410. The van der Waals surface area contributed by atoms with Gasteiger partial charge in [-0.3, -0.25) is 0 Å². The summed E-state index contributed by atoms with van der Waals surface area (Å²) >= 11 is 0. The average molecular weight is 268 g/mol. The molecule has 0 saturated heterocycles. The zero-order chi connectivity index (χ0) is 14.1. The number of hydrogen-bond acceptors (Lipinski definition) is 5. The fourth-order valence-corrected chi connectivity index (χ4v) is 1.50. The van der Waals surface area contributed by atoms with Crippen LogP contribution in [-0.4, -0.2) is 44.6 Å². The third-order valence-corrected chi connectivity index (χ3v) is 2.51. The van der Waals surface area contributed by atoms with Crippen LogP contribution in [-0.2, 0) is 9.47 Å². The maximum absolute atomic E-state index is 10.7. The normalized spacial score (nSPS) is 10.4. The maximum atomic E-state index is 10.7. The molecule has 1 aromatic rings. The van der Waals surface area contributed by atoms with Gasteiger partial charge in [0.15, 0.2) is 0 Å². The first-order chi connectivity index (χ1) is 9.15. The maximum Gasteiger partial charge on any atom is 0.335 e. The van der Waals surface area contributed by atoms with Gasteiger partial charge in [0.1, 0.15) is 0 Å². The Labute approximate surface area is 112 Å². The van der Waals surface area contributed by atoms with Gasteiger partial charge < -0.3 is 25.6 Å². The quantitative estimate of drug-likeness (QED) is 0.463. The van der Waals surface area contributed by atoms with Gasteiger partial charge in [0.25, 0.3) is 0 Å². The first-order valence-corrected chi connectivity index (χ1v) is 6.08. The van der Waals surface area contributed by atoms with E-state index in [1.807, 2.05) is 0 Å². The molecule has 1 aromatic carbocycles. The van der Waals surface area contributed by atoms with Crippen molar-refractivity contribution in [2.24, 2.45) is 0 Å². The Balaban J connectivity index is 2.28. The highest BCUT2D eigenvalue weighted by Crippen LogP contribution is 2.19. The Hall–Kier alpha value is -1.79. The van der Waals surface area contributed by atoms with Crippen molar-refractivity contribution in [3.8, 4) is 0 Å². The van der Waals surface area contributed by atoms with Crippen LogP contribution in [0, 0.1) is 0 Å². The number of ether oxygens (including phenoxy) is 2. The number of rotatable bonds is 9. The van der Waals surface area contributed by atoms with Crippen LogP contribution in [0.5, 0.6) is 0 Å². The largest absolute Gasteiger partial charge is 0.478 e. The van der Waals surface area contributed by atoms with Gasteiger partial charge >= 0.3 is 5.97 Å². The molecule has 0 unspecified atom stereocenters. The van der Waals surface area contributed by atoms with Crippen LogP contribution in [0.4, 0.5) is 11.4 Å². The second kappa shape index (κ2) is 8.34. The molecule has 0 aliphatic rings. The summed E-state index contributed by atoms with van der Waals surface area (Å²) in [6, 6.07) is 4.64. The fourth-order valence-electron chi connectivity index (χ4n) is 1.50. The van der Waals surface area contributed by atoms with Crippen LogP contribution in [0.1, 0.15) is 16.8 Å². The van der Waals surface area contributed by atoms with Crippen LogP contribution in [0.3, 0.4) is 0 Å². The van der Waals surface area contributed by atoms with Crippen LogP contribution < -0.4 is 11.1 Å². The standard InChI is InChI=1S/C13H20N2O4/c1-18-7-8-19-6-2-5-15-12-4-3-10(13(16)17)9-11(12)14/h3-4,9,15H,2,5-8,14H2,1H3,(H,16,17). The Morgan fingerprint density at radius 2 is 2.16 bits per heavy atom. The van der Waals surface area contributed by atoms with Crippen molar-refractivity contribution in [1.82, 2.24) is 0 Å². The molecule has 6 nitrogen and oxygen atoms in total. The first-order valence-electron chi connectivity index (χ1n) is 6.08. The van der Waals surface area contributed by atoms with Gasteiger partial charge in [-0.2, -0.15) is 0 Å². The second-order valence-corrected chi connectivity index (χ2v) is 3.99. The number of hydrogen-bond donors (Lipinski definition) is 3. The summed E-state index contributed by atoms with van der Waals surface area (Å²) in [6.45, 7) is 2.54. The molecule has 0 aliphatic heterocycles. The lowest BCUT2D eigenvalue weighted by Crippen LogP contribution is -2.09. The Morgan fingerprint density at radius 1 is 1.37 bits per heavy atom. The van der Waals surface area contributed by atoms with Gasteiger partial charge in [-0.15, -0.1) is 0 Å². The molecule has 0 saturated carbocycles. The summed E-state index contributed by atoms with van der Waals surface area (Å²) in [5, 5.41) is 12.0. The van der Waals surface area contributed by atoms with Gasteiger partial charge in [0, 0.05) is 20.3 Å². The van der Waals surface area contributed by atoms with E-state index in [-0.39, 0.29) is 5.56 Å². The van der Waals surface area contributed by atoms with Crippen LogP contribution in [0.15, 0.2) is 18.2 Å². The molecule has 6 heteroatoms. The summed E-state index contributed by atoms with van der Waals surface area (Å²) < 4.78 is 10.2. The summed E-state index contributed by atoms with van der Waals surface area (Å²) in [5.41, 5.74) is 7.12. The van der Waals surface area contributed by atoms with Crippen molar-refractivity contribution in [3.05, 3.63) is 23.8 Å². The molecule has 0 amide bonds. The number of nitrogens with two attached hydrogens (primary N) is 1. The summed E-state index contributed by atoms with van der Waals surface area (Å²) in [6.07, 6.45) is 0.837. The third-order valence-electron chi connectivity index (χ3n) is 2.51. The lowest BCUT2D eigenvalue weighted by atomic mass is 10.1. The van der Waals surface area contributed by atoms with E-state index in [0.717, 1.165) is 12.1 Å². The molecule has 0 aromatic heterocycles. The fraction of sp³-hybridized carbons (Fsp3) is 0.462. The van der Waals surface area contributed by atoms with Crippen LogP contribution in [0.2, 0.25) is 0 Å². The number of methoxy groups -OCH3 is 1. The SMILES string of the molecule is COCCOCCCNc1ccc(C(=O)O)cc1N. The summed E-state index contributed by atoms with van der Waals surface area (Å²) in [7, 11) is 1.63. The number of aromatic carboxylic acids is 1. The molecule has 0 aliphatic carbocycles. The number of carboxylic acid groups (broad SMARTS) is 1. The molecule has 4 N–H and O–H groups in total. The van der Waals surface area contributed by atoms with E-state index in [4.69, 9.17) is 20.3 Å². The predicted molar refractivity (Wildman–Crippen MR) is 73.6 cm³/mol. The summed E-state index contributed by atoms with van der Waals surface area (Å²) in [4.78, 5) is 10.7. The van der Waals surface area contributed by atoms with Gasteiger partial charge in [-0.05, 0) is 24.6 Å². The molecule has 0 bridgehead atoms. The van der Waals surface area contributed by atoms with E-state index in [1.165, 1.54) is 12.1 Å². The van der Waals surface area contributed by atoms with Gasteiger partial charge in [-0.1, -0.05) is 0 Å². The first kappa shape index (κ1) is 15.3. The average Bonchev–Trinajstić information content (AvgIpc) is 2.39. The monoisotopic (exact) mass is 268 g/mol. The highest BCUT2D eigenvalue weighted by molar-refractivity contribution is 5.90. The molecule has 1 rings (SSSR count). The van der Waals surface area contributed by atoms with Crippen molar-refractivity contribution in [1.29, 1.82) is 0 Å². The minimum Gasteiger partial charge on any atom is -0.478 e. The molecule has 0 atom stereocenters. The van der Waals surface area contributed by atoms with E-state index < -0.39 is 5.97 Å². The molecule has 0 spiro atoms. The van der Waals surface area contributed by atoms with Crippen molar-refractivity contribution < 1.29 is 19.4 Å². The highest BCUT2D eigenvalue weighted by Gasteiger charge is 2.05. The number of carboxylic acids is 1. The molecule has 0 fully saturated rings. The van der Waals surface area contributed by atoms with E-state index in [0.29, 0.717) is 32.1 Å². The van der Waals surface area contributed by atoms with E-state index >= 15 is 0 Å². The number of nitrogens with one attached hydrogen (secondary N) is 1. The van der Waals surface area contributed by atoms with E-state index in [9.17, 15) is 4.79 Å². The smallest absolute Gasteiger partial charge is 0.335 e. The second-order valence-electron chi connectivity index (χ2n) is 3.99. The number of anilines is 2. The van der Waals surface area contributed by atoms with Crippen molar-refractivity contribution >= 4 is 17.3 Å². The predicted octanol–water partition coefficient (Wildman–Crippen LogP) is 1.43. The minimum atomic E-state index is -0.982. The molecular formula is C13H20N2O4.